The topological polar surface area (TPSA) is 53.4 Å². The van der Waals surface area contributed by atoms with E-state index in [-0.39, 0.29) is 0 Å². The zero-order valence-electron chi connectivity index (χ0n) is 15.1. The van der Waals surface area contributed by atoms with E-state index in [4.69, 9.17) is 0 Å². The number of anilines is 1. The first kappa shape index (κ1) is 17.3. The van der Waals surface area contributed by atoms with E-state index >= 15 is 0 Å². The summed E-state index contributed by atoms with van der Waals surface area (Å²) in [6, 6.07) is 20.2. The number of hydrogen-bond donors (Lipinski definition) is 1. The minimum absolute atomic E-state index is 0.414. The third kappa shape index (κ3) is 3.70. The lowest BCUT2D eigenvalue weighted by Crippen LogP contribution is -2.44. The second kappa shape index (κ2) is 7.62. The summed E-state index contributed by atoms with van der Waals surface area (Å²) in [7, 11) is 0. The van der Waals surface area contributed by atoms with Crippen molar-refractivity contribution in [3.63, 3.8) is 0 Å². The van der Waals surface area contributed by atoms with E-state index in [1.165, 1.54) is 0 Å². The normalized spacial score (nSPS) is 16.9. The maximum Gasteiger partial charge on any atom is 0.326 e. The highest BCUT2D eigenvalue weighted by molar-refractivity contribution is 5.79. The Bertz CT molecular complexity index is 905. The number of carbonyl (C=O) groups is 1. The van der Waals surface area contributed by atoms with E-state index in [2.05, 4.69) is 41.4 Å². The van der Waals surface area contributed by atoms with Crippen LogP contribution in [0.25, 0.3) is 22.3 Å². The van der Waals surface area contributed by atoms with E-state index < -0.39 is 12.0 Å². The van der Waals surface area contributed by atoms with Gasteiger partial charge in [-0.2, -0.15) is 0 Å². The number of piperidine rings is 1. The molecule has 0 radical (unpaired) electrons. The van der Waals surface area contributed by atoms with Crippen LogP contribution in [0.3, 0.4) is 0 Å². The van der Waals surface area contributed by atoms with Gasteiger partial charge in [0.05, 0.1) is 0 Å². The molecule has 1 aliphatic rings. The molecule has 1 N–H and O–H groups in total. The van der Waals surface area contributed by atoms with Gasteiger partial charge >= 0.3 is 5.97 Å². The number of hydrogen-bond acceptors (Lipinski definition) is 3. The molecular formula is C23H22N2O2. The van der Waals surface area contributed by atoms with Crippen molar-refractivity contribution in [3.05, 3.63) is 73.1 Å². The summed E-state index contributed by atoms with van der Waals surface area (Å²) in [6.45, 7) is 0.802. The Morgan fingerprint density at radius 1 is 0.889 bits per heavy atom. The van der Waals surface area contributed by atoms with Crippen molar-refractivity contribution < 1.29 is 9.90 Å². The lowest BCUT2D eigenvalue weighted by atomic mass is 9.99. The van der Waals surface area contributed by atoms with Crippen LogP contribution in [0.4, 0.5) is 5.69 Å². The third-order valence-corrected chi connectivity index (χ3v) is 5.20. The van der Waals surface area contributed by atoms with Crippen molar-refractivity contribution in [1.29, 1.82) is 0 Å². The van der Waals surface area contributed by atoms with Crippen molar-refractivity contribution in [3.8, 4) is 22.3 Å². The van der Waals surface area contributed by atoms with E-state index in [1.54, 1.807) is 6.20 Å². The first-order valence-corrected chi connectivity index (χ1v) is 9.33. The molecule has 0 aliphatic carbocycles. The number of pyridine rings is 1. The molecule has 1 aromatic heterocycles. The van der Waals surface area contributed by atoms with E-state index in [0.717, 1.165) is 47.3 Å². The molecule has 4 nitrogen and oxygen atoms in total. The average molecular weight is 358 g/mol. The highest BCUT2D eigenvalue weighted by Gasteiger charge is 2.28. The molecule has 4 rings (SSSR count). The van der Waals surface area contributed by atoms with Gasteiger partial charge in [0.2, 0.25) is 0 Å². The Balaban J connectivity index is 1.54. The van der Waals surface area contributed by atoms with Crippen LogP contribution in [0.15, 0.2) is 73.1 Å². The van der Waals surface area contributed by atoms with Crippen LogP contribution < -0.4 is 4.90 Å². The van der Waals surface area contributed by atoms with Crippen LogP contribution in [0.2, 0.25) is 0 Å². The number of rotatable bonds is 4. The van der Waals surface area contributed by atoms with Crippen LogP contribution in [0, 0.1) is 0 Å². The molecule has 0 amide bonds. The quantitative estimate of drug-likeness (QED) is 0.724. The summed E-state index contributed by atoms with van der Waals surface area (Å²) in [5.74, 6) is -0.732. The molecule has 2 heterocycles. The molecule has 2 aromatic carbocycles. The van der Waals surface area contributed by atoms with Crippen molar-refractivity contribution in [2.45, 2.75) is 25.3 Å². The molecule has 0 bridgehead atoms. The van der Waals surface area contributed by atoms with E-state index in [0.29, 0.717) is 6.42 Å². The fraction of sp³-hybridized carbons (Fsp3) is 0.217. The van der Waals surface area contributed by atoms with Crippen molar-refractivity contribution in [2.75, 3.05) is 11.4 Å². The van der Waals surface area contributed by atoms with Gasteiger partial charge in [0.1, 0.15) is 6.04 Å². The second-order valence-corrected chi connectivity index (χ2v) is 6.91. The number of carboxylic acid groups (broad SMARTS) is 1. The summed E-state index contributed by atoms with van der Waals surface area (Å²) in [4.78, 5) is 17.7. The first-order valence-electron chi connectivity index (χ1n) is 9.33. The SMILES string of the molecule is O=C(O)C1CCCCN1c1ccc(-c2ccc(-c3cccnc3)cc2)cc1. The van der Waals surface area contributed by atoms with Gasteiger partial charge < -0.3 is 10.0 Å². The summed E-state index contributed by atoms with van der Waals surface area (Å²) in [5.41, 5.74) is 5.49. The van der Waals surface area contributed by atoms with Crippen LogP contribution in [0.5, 0.6) is 0 Å². The first-order chi connectivity index (χ1) is 13.2. The largest absolute Gasteiger partial charge is 0.480 e. The van der Waals surface area contributed by atoms with Crippen molar-refractivity contribution >= 4 is 11.7 Å². The summed E-state index contributed by atoms with van der Waals surface area (Å²) in [6.07, 6.45) is 6.38. The van der Waals surface area contributed by atoms with Crippen LogP contribution in [-0.2, 0) is 4.79 Å². The molecule has 0 spiro atoms. The van der Waals surface area contributed by atoms with Gasteiger partial charge in [-0.1, -0.05) is 42.5 Å². The lowest BCUT2D eigenvalue weighted by molar-refractivity contribution is -0.139. The Morgan fingerprint density at radius 2 is 1.52 bits per heavy atom. The summed E-state index contributed by atoms with van der Waals surface area (Å²) in [5, 5.41) is 9.48. The molecule has 1 fully saturated rings. The maximum absolute atomic E-state index is 11.5. The minimum atomic E-state index is -0.732. The lowest BCUT2D eigenvalue weighted by Gasteiger charge is -2.34. The highest BCUT2D eigenvalue weighted by atomic mass is 16.4. The molecular weight excluding hydrogens is 336 g/mol. The van der Waals surface area contributed by atoms with Gasteiger partial charge in [0, 0.05) is 24.6 Å². The predicted octanol–water partition coefficient (Wildman–Crippen LogP) is 4.86. The average Bonchev–Trinajstić information content (AvgIpc) is 2.75. The van der Waals surface area contributed by atoms with E-state index in [9.17, 15) is 9.90 Å². The number of benzene rings is 2. The molecule has 4 heteroatoms. The number of carboxylic acids is 1. The second-order valence-electron chi connectivity index (χ2n) is 6.91. The minimum Gasteiger partial charge on any atom is -0.480 e. The molecule has 1 unspecified atom stereocenters. The molecule has 27 heavy (non-hydrogen) atoms. The Hall–Kier alpha value is -3.14. The van der Waals surface area contributed by atoms with Gasteiger partial charge in [-0.25, -0.2) is 4.79 Å². The Labute approximate surface area is 159 Å². The Morgan fingerprint density at radius 3 is 2.11 bits per heavy atom. The molecule has 1 aliphatic heterocycles. The number of aliphatic carboxylic acids is 1. The van der Waals surface area contributed by atoms with Crippen LogP contribution in [-0.4, -0.2) is 28.6 Å². The Kier molecular flexibility index (Phi) is 4.88. The smallest absolute Gasteiger partial charge is 0.326 e. The third-order valence-electron chi connectivity index (χ3n) is 5.20. The number of aromatic nitrogens is 1. The van der Waals surface area contributed by atoms with E-state index in [1.807, 2.05) is 35.4 Å². The van der Waals surface area contributed by atoms with Gasteiger partial charge in [-0.05, 0) is 59.7 Å². The molecule has 1 atom stereocenters. The summed E-state index contributed by atoms with van der Waals surface area (Å²) >= 11 is 0. The number of nitrogens with zero attached hydrogens (tertiary/aromatic N) is 2. The van der Waals surface area contributed by atoms with Crippen molar-refractivity contribution in [1.82, 2.24) is 4.98 Å². The summed E-state index contributed by atoms with van der Waals surface area (Å²) < 4.78 is 0. The fourth-order valence-corrected chi connectivity index (χ4v) is 3.73. The van der Waals surface area contributed by atoms with Gasteiger partial charge in [0.25, 0.3) is 0 Å². The fourth-order valence-electron chi connectivity index (χ4n) is 3.73. The molecule has 3 aromatic rings. The van der Waals surface area contributed by atoms with Crippen LogP contribution in [0.1, 0.15) is 19.3 Å². The zero-order chi connectivity index (χ0) is 18.6. The van der Waals surface area contributed by atoms with Gasteiger partial charge in [-0.3, -0.25) is 4.98 Å². The molecule has 0 saturated carbocycles. The molecule has 136 valence electrons. The zero-order valence-corrected chi connectivity index (χ0v) is 15.1. The van der Waals surface area contributed by atoms with Crippen LogP contribution >= 0.6 is 0 Å². The van der Waals surface area contributed by atoms with Gasteiger partial charge in [0.15, 0.2) is 0 Å². The monoisotopic (exact) mass is 358 g/mol. The predicted molar refractivity (Wildman–Crippen MR) is 108 cm³/mol. The van der Waals surface area contributed by atoms with Crippen molar-refractivity contribution in [2.24, 2.45) is 0 Å². The maximum atomic E-state index is 11.5. The molecule has 1 saturated heterocycles. The van der Waals surface area contributed by atoms with Gasteiger partial charge in [-0.15, -0.1) is 0 Å². The highest BCUT2D eigenvalue weighted by Crippen LogP contribution is 2.29. The standard InChI is InChI=1S/C23H22N2O2/c26-23(27)22-5-1-2-15-25(22)21-12-10-18(11-13-21)17-6-8-19(9-7-17)20-4-3-14-24-16-20/h3-4,6-14,16,22H,1-2,5,15H2,(H,26,27).